The Kier molecular flexibility index (Phi) is 8.10. The maximum absolute atomic E-state index is 12.5. The number of amides is 2. The highest BCUT2D eigenvalue weighted by Crippen LogP contribution is 2.29. The van der Waals surface area contributed by atoms with Crippen LogP contribution in [0.15, 0.2) is 53.5 Å². The van der Waals surface area contributed by atoms with Crippen LogP contribution in [0, 0.1) is 6.92 Å². The van der Waals surface area contributed by atoms with E-state index in [4.69, 9.17) is 22.1 Å². The number of nitrogens with two attached hydrogens (primary N) is 1. The molecular weight excluding hydrogens is 364 g/mol. The van der Waals surface area contributed by atoms with Crippen molar-refractivity contribution in [3.63, 3.8) is 0 Å². The van der Waals surface area contributed by atoms with E-state index in [1.54, 1.807) is 6.07 Å². The number of carbonyl (C=O) groups excluding carboxylic acids is 1. The van der Waals surface area contributed by atoms with Crippen LogP contribution in [0.1, 0.15) is 18.1 Å². The van der Waals surface area contributed by atoms with Crippen LogP contribution in [0.4, 0.5) is 10.5 Å². The lowest BCUT2D eigenvalue weighted by Crippen LogP contribution is -2.46. The fourth-order valence-corrected chi connectivity index (χ4v) is 2.90. The van der Waals surface area contributed by atoms with E-state index >= 15 is 0 Å². The second-order valence-corrected chi connectivity index (χ2v) is 6.29. The molecule has 2 rings (SSSR count). The van der Waals surface area contributed by atoms with Crippen LogP contribution in [-0.2, 0) is 11.3 Å². The molecule has 0 aliphatic rings. The fraction of sp³-hybridized carbons (Fsp3) is 0.300. The topological polar surface area (TPSA) is 80.0 Å². The van der Waals surface area contributed by atoms with Crippen molar-refractivity contribution in [2.24, 2.45) is 10.7 Å². The van der Waals surface area contributed by atoms with Crippen molar-refractivity contribution in [1.29, 1.82) is 0 Å². The van der Waals surface area contributed by atoms with Crippen molar-refractivity contribution < 1.29 is 9.53 Å². The summed E-state index contributed by atoms with van der Waals surface area (Å²) < 4.78 is 5.54. The Labute approximate surface area is 165 Å². The number of benzene rings is 2. The molecule has 0 aliphatic carbocycles. The Bertz CT molecular complexity index is 761. The van der Waals surface area contributed by atoms with Gasteiger partial charge < -0.3 is 10.5 Å². The predicted molar refractivity (Wildman–Crippen MR) is 110 cm³/mol. The summed E-state index contributed by atoms with van der Waals surface area (Å²) in [5.41, 5.74) is 8.48. The summed E-state index contributed by atoms with van der Waals surface area (Å²) in [5, 5.41) is 3.10. The highest BCUT2D eigenvalue weighted by molar-refractivity contribution is 6.34. The first-order valence-electron chi connectivity index (χ1n) is 8.78. The third kappa shape index (κ3) is 6.27. The third-order valence-electron chi connectivity index (χ3n) is 3.88. The molecule has 3 N–H and O–H groups in total. The summed E-state index contributed by atoms with van der Waals surface area (Å²) in [5.74, 6) is 0.0477. The summed E-state index contributed by atoms with van der Waals surface area (Å²) in [7, 11) is 0. The standard InChI is InChI=1S/C20H25ClN4O2/c1-3-25(18-15(2)8-7-11-17(18)21)20(26)24-19(22)23-12-13-27-14-16-9-5-4-6-10-16/h4-11H,3,12-14H2,1-2H3,(H3,22,23,24,26). The van der Waals surface area contributed by atoms with E-state index in [1.807, 2.05) is 56.3 Å². The van der Waals surface area contributed by atoms with Gasteiger partial charge in [0.2, 0.25) is 0 Å². The Balaban J connectivity index is 1.85. The quantitative estimate of drug-likeness (QED) is 0.431. The van der Waals surface area contributed by atoms with Crippen molar-refractivity contribution in [2.75, 3.05) is 24.6 Å². The first-order valence-corrected chi connectivity index (χ1v) is 9.16. The first-order chi connectivity index (χ1) is 13.0. The summed E-state index contributed by atoms with van der Waals surface area (Å²) in [6.45, 7) is 5.50. The minimum atomic E-state index is -0.375. The maximum atomic E-state index is 12.5. The summed E-state index contributed by atoms with van der Waals surface area (Å²) >= 11 is 6.25. The molecule has 0 saturated heterocycles. The number of halogens is 1. The van der Waals surface area contributed by atoms with Gasteiger partial charge in [0.05, 0.1) is 30.5 Å². The second kappa shape index (κ2) is 10.5. The molecule has 0 fully saturated rings. The summed E-state index contributed by atoms with van der Waals surface area (Å²) in [6.07, 6.45) is 0. The average Bonchev–Trinajstić information content (AvgIpc) is 2.65. The van der Waals surface area contributed by atoms with Gasteiger partial charge in [-0.25, -0.2) is 4.79 Å². The van der Waals surface area contributed by atoms with Gasteiger partial charge in [0.25, 0.3) is 0 Å². The summed E-state index contributed by atoms with van der Waals surface area (Å²) in [6, 6.07) is 15.0. The van der Waals surface area contributed by atoms with Gasteiger partial charge in [-0.2, -0.15) is 0 Å². The lowest BCUT2D eigenvalue weighted by Gasteiger charge is -2.24. The van der Waals surface area contributed by atoms with Gasteiger partial charge in [-0.1, -0.05) is 54.1 Å². The number of aryl methyl sites for hydroxylation is 1. The second-order valence-electron chi connectivity index (χ2n) is 5.88. The number of ether oxygens (including phenoxy) is 1. The van der Waals surface area contributed by atoms with E-state index < -0.39 is 0 Å². The molecule has 0 aliphatic heterocycles. The third-order valence-corrected chi connectivity index (χ3v) is 4.19. The number of urea groups is 1. The average molecular weight is 389 g/mol. The van der Waals surface area contributed by atoms with Crippen LogP contribution in [-0.4, -0.2) is 31.7 Å². The first kappa shape index (κ1) is 20.7. The Morgan fingerprint density at radius 3 is 2.63 bits per heavy atom. The lowest BCUT2D eigenvalue weighted by atomic mass is 10.2. The molecule has 2 amide bonds. The van der Waals surface area contributed by atoms with Crippen molar-refractivity contribution >= 4 is 29.3 Å². The number of carbonyl (C=O) groups is 1. The highest BCUT2D eigenvalue weighted by Gasteiger charge is 2.19. The fourth-order valence-electron chi connectivity index (χ4n) is 2.58. The summed E-state index contributed by atoms with van der Waals surface area (Å²) in [4.78, 5) is 18.2. The Morgan fingerprint density at radius 1 is 1.22 bits per heavy atom. The molecule has 0 aromatic heterocycles. The number of guanidine groups is 1. The van der Waals surface area contributed by atoms with E-state index in [-0.39, 0.29) is 12.0 Å². The minimum Gasteiger partial charge on any atom is -0.375 e. The Morgan fingerprint density at radius 2 is 1.96 bits per heavy atom. The van der Waals surface area contributed by atoms with Gasteiger partial charge in [-0.05, 0) is 31.0 Å². The molecule has 144 valence electrons. The van der Waals surface area contributed by atoms with Crippen LogP contribution < -0.4 is 16.0 Å². The minimum absolute atomic E-state index is 0.0477. The Hall–Kier alpha value is -2.57. The molecule has 6 nitrogen and oxygen atoms in total. The molecule has 27 heavy (non-hydrogen) atoms. The van der Waals surface area contributed by atoms with Gasteiger partial charge >= 0.3 is 6.03 Å². The normalized spacial score (nSPS) is 11.3. The zero-order valence-electron chi connectivity index (χ0n) is 15.6. The van der Waals surface area contributed by atoms with Gasteiger partial charge in [-0.15, -0.1) is 0 Å². The number of anilines is 1. The van der Waals surface area contributed by atoms with Crippen LogP contribution in [0.3, 0.4) is 0 Å². The number of hydrogen-bond donors (Lipinski definition) is 2. The molecule has 0 saturated carbocycles. The van der Waals surface area contributed by atoms with Gasteiger partial charge in [0.15, 0.2) is 5.96 Å². The highest BCUT2D eigenvalue weighted by atomic mass is 35.5. The number of nitrogens with zero attached hydrogens (tertiary/aromatic N) is 2. The van der Waals surface area contributed by atoms with E-state index in [2.05, 4.69) is 10.3 Å². The number of para-hydroxylation sites is 1. The van der Waals surface area contributed by atoms with Crippen molar-refractivity contribution in [2.45, 2.75) is 20.5 Å². The molecule has 0 heterocycles. The molecule has 0 radical (unpaired) electrons. The smallest absolute Gasteiger partial charge is 0.328 e. The van der Waals surface area contributed by atoms with Gasteiger partial charge in [-0.3, -0.25) is 15.2 Å². The molecule has 0 bridgehead atoms. The lowest BCUT2D eigenvalue weighted by molar-refractivity contribution is 0.128. The number of nitrogens with one attached hydrogen (secondary N) is 1. The molecule has 7 heteroatoms. The molecular formula is C20H25ClN4O2. The van der Waals surface area contributed by atoms with Crippen LogP contribution in [0.25, 0.3) is 0 Å². The molecule has 0 unspecified atom stereocenters. The van der Waals surface area contributed by atoms with Crippen molar-refractivity contribution in [3.8, 4) is 0 Å². The predicted octanol–water partition coefficient (Wildman–Crippen LogP) is 3.72. The maximum Gasteiger partial charge on any atom is 0.328 e. The van der Waals surface area contributed by atoms with E-state index in [0.29, 0.717) is 37.0 Å². The number of rotatable bonds is 7. The number of hydrogen-bond acceptors (Lipinski definition) is 3. The van der Waals surface area contributed by atoms with Gasteiger partial charge in [0, 0.05) is 6.54 Å². The van der Waals surface area contributed by atoms with Crippen LogP contribution in [0.2, 0.25) is 5.02 Å². The van der Waals surface area contributed by atoms with E-state index in [9.17, 15) is 4.79 Å². The zero-order valence-corrected chi connectivity index (χ0v) is 16.4. The van der Waals surface area contributed by atoms with Crippen molar-refractivity contribution in [3.05, 3.63) is 64.7 Å². The van der Waals surface area contributed by atoms with E-state index in [1.165, 1.54) is 4.90 Å². The van der Waals surface area contributed by atoms with Crippen LogP contribution >= 0.6 is 11.6 Å². The SMILES string of the molecule is CCN(C(=O)NC(N)=NCCOCc1ccccc1)c1c(C)cccc1Cl. The largest absolute Gasteiger partial charge is 0.375 e. The molecule has 2 aromatic carbocycles. The molecule has 2 aromatic rings. The van der Waals surface area contributed by atoms with Crippen LogP contribution in [0.5, 0.6) is 0 Å². The zero-order chi connectivity index (χ0) is 19.6. The van der Waals surface area contributed by atoms with E-state index in [0.717, 1.165) is 11.1 Å². The molecule has 0 atom stereocenters. The van der Waals surface area contributed by atoms with Crippen molar-refractivity contribution in [1.82, 2.24) is 5.32 Å². The molecule has 0 spiro atoms. The monoisotopic (exact) mass is 388 g/mol. The number of aliphatic imine (C=N–C) groups is 1. The van der Waals surface area contributed by atoms with Gasteiger partial charge in [0.1, 0.15) is 0 Å².